The van der Waals surface area contributed by atoms with Crippen molar-refractivity contribution in [3.8, 4) is 0 Å². The Balaban J connectivity index is 2.50. The number of aliphatic hydroxyl groups excluding tert-OH is 1. The van der Waals surface area contributed by atoms with Crippen molar-refractivity contribution in [2.75, 3.05) is 5.32 Å². The Labute approximate surface area is 105 Å². The molecule has 6 heteroatoms. The molecule has 17 heavy (non-hydrogen) atoms. The molecule has 0 fully saturated rings. The zero-order chi connectivity index (χ0) is 13.0. The van der Waals surface area contributed by atoms with E-state index in [0.29, 0.717) is 11.0 Å². The average Bonchev–Trinajstić information content (AvgIpc) is 2.65. The minimum atomic E-state index is -0.618. The fourth-order valence-corrected chi connectivity index (χ4v) is 1.88. The number of hydrogen-bond donors (Lipinski definition) is 2. The van der Waals surface area contributed by atoms with Crippen molar-refractivity contribution in [2.45, 2.75) is 46.1 Å². The number of anilines is 1. The van der Waals surface area contributed by atoms with Gasteiger partial charge in [-0.05, 0) is 5.92 Å². The second kappa shape index (κ2) is 6.07. The highest BCUT2D eigenvalue weighted by Gasteiger charge is 2.16. The number of amides is 1. The van der Waals surface area contributed by atoms with Crippen molar-refractivity contribution < 1.29 is 9.90 Å². The van der Waals surface area contributed by atoms with E-state index in [0.717, 1.165) is 5.01 Å². The highest BCUT2D eigenvalue weighted by molar-refractivity contribution is 7.15. The van der Waals surface area contributed by atoms with Crippen LogP contribution >= 0.6 is 11.3 Å². The van der Waals surface area contributed by atoms with Gasteiger partial charge in [0.15, 0.2) is 0 Å². The molecular formula is C11H19N3O2S. The van der Waals surface area contributed by atoms with Crippen LogP contribution < -0.4 is 5.32 Å². The van der Waals surface area contributed by atoms with Gasteiger partial charge in [-0.3, -0.25) is 4.79 Å². The van der Waals surface area contributed by atoms with Crippen LogP contribution in [-0.4, -0.2) is 27.3 Å². The van der Waals surface area contributed by atoms with Crippen LogP contribution in [0.4, 0.5) is 5.13 Å². The Morgan fingerprint density at radius 2 is 2.00 bits per heavy atom. The number of aliphatic hydroxyl groups is 1. The number of nitrogens with zero attached hydrogens (tertiary/aromatic N) is 2. The van der Waals surface area contributed by atoms with Crippen molar-refractivity contribution >= 4 is 22.4 Å². The molecule has 0 saturated carbocycles. The molecule has 0 spiro atoms. The number of hydrogen-bond acceptors (Lipinski definition) is 5. The summed E-state index contributed by atoms with van der Waals surface area (Å²) in [5.74, 6) is 0.151. The van der Waals surface area contributed by atoms with Gasteiger partial charge in [-0.15, -0.1) is 10.2 Å². The maximum absolute atomic E-state index is 11.6. The van der Waals surface area contributed by atoms with Crippen LogP contribution in [0.2, 0.25) is 0 Å². The molecule has 0 saturated heterocycles. The van der Waals surface area contributed by atoms with E-state index in [9.17, 15) is 9.90 Å². The van der Waals surface area contributed by atoms with Crippen LogP contribution in [0.5, 0.6) is 0 Å². The number of carbonyl (C=O) groups is 1. The van der Waals surface area contributed by atoms with Gasteiger partial charge in [0.1, 0.15) is 5.01 Å². The lowest BCUT2D eigenvalue weighted by Gasteiger charge is -2.12. The summed E-state index contributed by atoms with van der Waals surface area (Å²) < 4.78 is 0. The molecule has 1 heterocycles. The molecule has 0 radical (unpaired) electrons. The van der Waals surface area contributed by atoms with E-state index in [-0.39, 0.29) is 18.2 Å². The van der Waals surface area contributed by atoms with Crippen LogP contribution in [0.25, 0.3) is 0 Å². The molecule has 1 aromatic rings. The first kappa shape index (κ1) is 14.1. The minimum absolute atomic E-state index is 0.0707. The Morgan fingerprint density at radius 3 is 2.47 bits per heavy atom. The van der Waals surface area contributed by atoms with Gasteiger partial charge in [0.25, 0.3) is 0 Å². The molecule has 0 aromatic carbocycles. The molecule has 1 aromatic heterocycles. The zero-order valence-corrected chi connectivity index (χ0v) is 11.4. The maximum atomic E-state index is 11.6. The van der Waals surface area contributed by atoms with Gasteiger partial charge >= 0.3 is 0 Å². The van der Waals surface area contributed by atoms with Gasteiger partial charge in [-0.2, -0.15) is 0 Å². The SMILES string of the molecule is CC(C)c1nnc(NC(=O)CC(O)C(C)C)s1. The molecule has 1 rings (SSSR count). The summed E-state index contributed by atoms with van der Waals surface area (Å²) in [4.78, 5) is 11.6. The summed E-state index contributed by atoms with van der Waals surface area (Å²) in [6.07, 6.45) is -0.527. The first-order valence-electron chi connectivity index (χ1n) is 5.71. The summed E-state index contributed by atoms with van der Waals surface area (Å²) in [6.45, 7) is 7.79. The normalized spacial score (nSPS) is 13.1. The Kier molecular flexibility index (Phi) is 5.02. The van der Waals surface area contributed by atoms with E-state index >= 15 is 0 Å². The summed E-state index contributed by atoms with van der Waals surface area (Å²) in [6, 6.07) is 0. The van der Waals surface area contributed by atoms with Crippen molar-refractivity contribution in [3.05, 3.63) is 5.01 Å². The van der Waals surface area contributed by atoms with E-state index in [1.807, 2.05) is 27.7 Å². The molecular weight excluding hydrogens is 238 g/mol. The van der Waals surface area contributed by atoms with Gasteiger partial charge in [0, 0.05) is 5.92 Å². The number of nitrogens with one attached hydrogen (secondary N) is 1. The third kappa shape index (κ3) is 4.40. The van der Waals surface area contributed by atoms with Gasteiger partial charge in [0.05, 0.1) is 12.5 Å². The van der Waals surface area contributed by atoms with Crippen molar-refractivity contribution in [2.24, 2.45) is 5.92 Å². The van der Waals surface area contributed by atoms with E-state index in [4.69, 9.17) is 0 Å². The average molecular weight is 257 g/mol. The molecule has 5 nitrogen and oxygen atoms in total. The van der Waals surface area contributed by atoms with Crippen molar-refractivity contribution in [1.82, 2.24) is 10.2 Å². The predicted molar refractivity (Wildman–Crippen MR) is 68.1 cm³/mol. The molecule has 1 atom stereocenters. The summed E-state index contributed by atoms with van der Waals surface area (Å²) in [5.41, 5.74) is 0. The first-order chi connectivity index (χ1) is 7.90. The van der Waals surface area contributed by atoms with E-state index in [1.54, 1.807) is 0 Å². The van der Waals surface area contributed by atoms with Crippen LogP contribution in [0.1, 0.15) is 45.0 Å². The lowest BCUT2D eigenvalue weighted by molar-refractivity contribution is -0.118. The largest absolute Gasteiger partial charge is 0.392 e. The second-order valence-corrected chi connectivity index (χ2v) is 5.67. The monoisotopic (exact) mass is 257 g/mol. The van der Waals surface area contributed by atoms with E-state index < -0.39 is 6.10 Å². The standard InChI is InChI=1S/C11H19N3O2S/c1-6(2)8(15)5-9(16)12-11-14-13-10(17-11)7(3)4/h6-8,15H,5H2,1-4H3,(H,12,14,16). The molecule has 96 valence electrons. The lowest BCUT2D eigenvalue weighted by atomic mass is 10.0. The van der Waals surface area contributed by atoms with Crippen molar-refractivity contribution in [3.63, 3.8) is 0 Å². The third-order valence-corrected chi connectivity index (χ3v) is 3.48. The van der Waals surface area contributed by atoms with Crippen LogP contribution in [0.3, 0.4) is 0 Å². The number of rotatable bonds is 5. The second-order valence-electron chi connectivity index (χ2n) is 4.66. The van der Waals surface area contributed by atoms with Gasteiger partial charge < -0.3 is 10.4 Å². The molecule has 0 aliphatic heterocycles. The predicted octanol–water partition coefficient (Wildman–Crippen LogP) is 2.01. The van der Waals surface area contributed by atoms with Crippen LogP contribution in [-0.2, 0) is 4.79 Å². The molecule has 1 unspecified atom stereocenters. The molecule has 1 amide bonds. The molecule has 0 bridgehead atoms. The van der Waals surface area contributed by atoms with Crippen LogP contribution in [0.15, 0.2) is 0 Å². The molecule has 0 aliphatic rings. The highest BCUT2D eigenvalue weighted by atomic mass is 32.1. The van der Waals surface area contributed by atoms with Crippen molar-refractivity contribution in [1.29, 1.82) is 0 Å². The fourth-order valence-electron chi connectivity index (χ4n) is 1.11. The van der Waals surface area contributed by atoms with E-state index in [2.05, 4.69) is 15.5 Å². The lowest BCUT2D eigenvalue weighted by Crippen LogP contribution is -2.23. The zero-order valence-electron chi connectivity index (χ0n) is 10.6. The summed E-state index contributed by atoms with van der Waals surface area (Å²) >= 11 is 1.37. The van der Waals surface area contributed by atoms with Gasteiger partial charge in [-0.25, -0.2) is 0 Å². The van der Waals surface area contributed by atoms with Gasteiger partial charge in [0.2, 0.25) is 11.0 Å². The minimum Gasteiger partial charge on any atom is -0.392 e. The smallest absolute Gasteiger partial charge is 0.228 e. The fraction of sp³-hybridized carbons (Fsp3) is 0.727. The topological polar surface area (TPSA) is 75.1 Å². The maximum Gasteiger partial charge on any atom is 0.228 e. The van der Waals surface area contributed by atoms with Gasteiger partial charge in [-0.1, -0.05) is 39.0 Å². The third-order valence-electron chi connectivity index (χ3n) is 2.34. The highest BCUT2D eigenvalue weighted by Crippen LogP contribution is 2.22. The van der Waals surface area contributed by atoms with E-state index in [1.165, 1.54) is 11.3 Å². The Hall–Kier alpha value is -1.01. The summed E-state index contributed by atoms with van der Waals surface area (Å²) in [7, 11) is 0. The first-order valence-corrected chi connectivity index (χ1v) is 6.53. The quantitative estimate of drug-likeness (QED) is 0.846. The number of carbonyl (C=O) groups excluding carboxylic acids is 1. The molecule has 2 N–H and O–H groups in total. The Morgan fingerprint density at radius 1 is 1.35 bits per heavy atom. The Bertz CT molecular complexity index is 377. The summed E-state index contributed by atoms with van der Waals surface area (Å²) in [5, 5.41) is 21.5. The van der Waals surface area contributed by atoms with Crippen LogP contribution in [0, 0.1) is 5.92 Å². The number of aromatic nitrogens is 2. The molecule has 0 aliphatic carbocycles.